The molecule has 0 aliphatic carbocycles. The van der Waals surface area contributed by atoms with Crippen LogP contribution in [0.3, 0.4) is 0 Å². The number of benzene rings is 3. The lowest BCUT2D eigenvalue weighted by Gasteiger charge is -2.12. The van der Waals surface area contributed by atoms with E-state index < -0.39 is 17.6 Å². The molecule has 1 heterocycles. The lowest BCUT2D eigenvalue weighted by atomic mass is 10.1. The Morgan fingerprint density at radius 1 is 0.900 bits per heavy atom. The number of fused-ring (bicyclic) bond motifs is 1. The highest BCUT2D eigenvalue weighted by Gasteiger charge is 2.14. The summed E-state index contributed by atoms with van der Waals surface area (Å²) in [6.07, 6.45) is 0. The van der Waals surface area contributed by atoms with Crippen LogP contribution in [0.2, 0.25) is 0 Å². The first-order valence-corrected chi connectivity index (χ1v) is 9.98. The molecule has 30 heavy (non-hydrogen) atoms. The van der Waals surface area contributed by atoms with Crippen LogP contribution in [0.1, 0.15) is 9.67 Å². The van der Waals surface area contributed by atoms with Gasteiger partial charge in [-0.25, -0.2) is 4.39 Å². The third-order valence-corrected chi connectivity index (χ3v) is 5.48. The summed E-state index contributed by atoms with van der Waals surface area (Å²) in [6.45, 7) is -0.273. The molecule has 0 fully saturated rings. The van der Waals surface area contributed by atoms with Crippen molar-refractivity contribution in [2.24, 2.45) is 0 Å². The van der Waals surface area contributed by atoms with E-state index in [1.54, 1.807) is 18.2 Å². The maximum Gasteiger partial charge on any atom is 0.279 e. The van der Waals surface area contributed by atoms with Crippen molar-refractivity contribution < 1.29 is 18.7 Å². The van der Waals surface area contributed by atoms with E-state index in [1.807, 2.05) is 48.5 Å². The second kappa shape index (κ2) is 8.75. The van der Waals surface area contributed by atoms with Crippen molar-refractivity contribution in [2.45, 2.75) is 0 Å². The van der Waals surface area contributed by atoms with E-state index in [0.717, 1.165) is 22.5 Å². The van der Waals surface area contributed by atoms with Crippen molar-refractivity contribution in [1.29, 1.82) is 0 Å². The normalized spacial score (nSPS) is 10.6. The number of hydrogen-bond acceptors (Lipinski definition) is 4. The summed E-state index contributed by atoms with van der Waals surface area (Å²) in [6, 6.07) is 23.2. The Balaban J connectivity index is 1.35. The number of ether oxygens (including phenoxy) is 1. The molecule has 0 aliphatic heterocycles. The maximum atomic E-state index is 13.8. The fraction of sp³-hybridized carbons (Fsp3) is 0.0435. The number of nitrogens with one attached hydrogen (secondary N) is 2. The summed E-state index contributed by atoms with van der Waals surface area (Å²) < 4.78 is 20.1. The van der Waals surface area contributed by atoms with E-state index in [-0.39, 0.29) is 6.61 Å². The van der Waals surface area contributed by atoms with Crippen LogP contribution in [0.5, 0.6) is 5.75 Å². The minimum absolute atomic E-state index is 0.273. The highest BCUT2D eigenvalue weighted by molar-refractivity contribution is 7.20. The number of thiophene rings is 1. The number of hydrogen-bond donors (Lipinski definition) is 2. The van der Waals surface area contributed by atoms with Crippen molar-refractivity contribution in [1.82, 2.24) is 10.9 Å². The molecule has 0 aliphatic rings. The second-order valence-electron chi connectivity index (χ2n) is 6.42. The Morgan fingerprint density at radius 3 is 2.47 bits per heavy atom. The average molecular weight is 420 g/mol. The average Bonchev–Trinajstić information content (AvgIpc) is 3.23. The zero-order valence-corrected chi connectivity index (χ0v) is 16.5. The highest BCUT2D eigenvalue weighted by Crippen LogP contribution is 2.29. The van der Waals surface area contributed by atoms with Crippen LogP contribution < -0.4 is 15.6 Å². The third-order valence-electron chi connectivity index (χ3n) is 4.38. The first-order valence-electron chi connectivity index (χ1n) is 9.16. The molecule has 0 unspecified atom stereocenters. The van der Waals surface area contributed by atoms with E-state index in [4.69, 9.17) is 4.74 Å². The van der Waals surface area contributed by atoms with Gasteiger partial charge in [0, 0.05) is 15.6 Å². The molecule has 7 heteroatoms. The number of hydrazine groups is 1. The Morgan fingerprint density at radius 2 is 1.67 bits per heavy atom. The van der Waals surface area contributed by atoms with Gasteiger partial charge in [-0.05, 0) is 29.8 Å². The molecule has 0 radical (unpaired) electrons. The van der Waals surface area contributed by atoms with Crippen LogP contribution in [0.15, 0.2) is 78.9 Å². The summed E-state index contributed by atoms with van der Waals surface area (Å²) in [5.74, 6) is -0.866. The summed E-state index contributed by atoms with van der Waals surface area (Å²) in [4.78, 5) is 24.7. The van der Waals surface area contributed by atoms with Crippen molar-refractivity contribution in [3.63, 3.8) is 0 Å². The van der Waals surface area contributed by atoms with Gasteiger partial charge in [0.1, 0.15) is 11.6 Å². The van der Waals surface area contributed by atoms with Crippen LogP contribution in [0, 0.1) is 5.82 Å². The molecule has 4 aromatic rings. The largest absolute Gasteiger partial charge is 0.483 e. The van der Waals surface area contributed by atoms with E-state index in [0.29, 0.717) is 20.7 Å². The molecule has 2 N–H and O–H groups in total. The molecule has 0 bridgehead atoms. The van der Waals surface area contributed by atoms with Crippen LogP contribution in [0.25, 0.3) is 21.2 Å². The topological polar surface area (TPSA) is 67.4 Å². The molecule has 3 aromatic carbocycles. The summed E-state index contributed by atoms with van der Waals surface area (Å²) in [5.41, 5.74) is 6.48. The summed E-state index contributed by atoms with van der Waals surface area (Å²) >= 11 is 1.15. The molecule has 1 aromatic heterocycles. The van der Waals surface area contributed by atoms with E-state index in [1.165, 1.54) is 12.1 Å². The quantitative estimate of drug-likeness (QED) is 0.466. The summed E-state index contributed by atoms with van der Waals surface area (Å²) in [5, 5.41) is 0.375. The van der Waals surface area contributed by atoms with Gasteiger partial charge in [-0.1, -0.05) is 54.6 Å². The SMILES string of the molecule is O=C(COc1ccccc1-c1ccccc1)NNC(=O)c1cc2c(F)cccc2s1. The Bertz CT molecular complexity index is 1210. The number of amides is 2. The third kappa shape index (κ3) is 4.31. The lowest BCUT2D eigenvalue weighted by Crippen LogP contribution is -2.43. The first kappa shape index (κ1) is 19.6. The fourth-order valence-electron chi connectivity index (χ4n) is 2.95. The van der Waals surface area contributed by atoms with Crippen molar-refractivity contribution in [3.8, 4) is 16.9 Å². The molecule has 0 spiro atoms. The molecule has 4 rings (SSSR count). The predicted octanol–water partition coefficient (Wildman–Crippen LogP) is 4.55. The van der Waals surface area contributed by atoms with Crippen molar-refractivity contribution >= 4 is 33.2 Å². The number of para-hydroxylation sites is 1. The first-order chi connectivity index (χ1) is 14.6. The molecule has 5 nitrogen and oxygen atoms in total. The minimum Gasteiger partial charge on any atom is -0.483 e. The van der Waals surface area contributed by atoms with E-state index >= 15 is 0 Å². The molecular formula is C23H17FN2O3S. The summed E-state index contributed by atoms with van der Waals surface area (Å²) in [7, 11) is 0. The van der Waals surface area contributed by atoms with Crippen molar-refractivity contribution in [2.75, 3.05) is 6.61 Å². The van der Waals surface area contributed by atoms with E-state index in [2.05, 4.69) is 10.9 Å². The number of rotatable bonds is 5. The molecule has 2 amide bonds. The van der Waals surface area contributed by atoms with Gasteiger partial charge in [-0.3, -0.25) is 20.4 Å². The van der Waals surface area contributed by atoms with Gasteiger partial charge in [0.15, 0.2) is 6.61 Å². The van der Waals surface area contributed by atoms with Crippen LogP contribution in [0.4, 0.5) is 4.39 Å². The Labute approximate surface area is 176 Å². The molecule has 0 saturated heterocycles. The van der Waals surface area contributed by atoms with Crippen molar-refractivity contribution in [3.05, 3.63) is 89.6 Å². The van der Waals surface area contributed by atoms with Gasteiger partial charge in [0.05, 0.1) is 4.88 Å². The van der Waals surface area contributed by atoms with E-state index in [9.17, 15) is 14.0 Å². The molecule has 150 valence electrons. The van der Waals surface area contributed by atoms with Gasteiger partial charge in [0.2, 0.25) is 0 Å². The molecular weight excluding hydrogens is 403 g/mol. The molecule has 0 saturated carbocycles. The second-order valence-corrected chi connectivity index (χ2v) is 7.50. The number of carbonyl (C=O) groups excluding carboxylic acids is 2. The Hall–Kier alpha value is -3.71. The fourth-order valence-corrected chi connectivity index (χ4v) is 3.92. The van der Waals surface area contributed by atoms with Crippen LogP contribution >= 0.6 is 11.3 Å². The maximum absolute atomic E-state index is 13.8. The molecule has 0 atom stereocenters. The lowest BCUT2D eigenvalue weighted by molar-refractivity contribution is -0.123. The highest BCUT2D eigenvalue weighted by atomic mass is 32.1. The minimum atomic E-state index is -0.520. The zero-order valence-electron chi connectivity index (χ0n) is 15.7. The van der Waals surface area contributed by atoms with Crippen LogP contribution in [-0.2, 0) is 4.79 Å². The smallest absolute Gasteiger partial charge is 0.279 e. The van der Waals surface area contributed by atoms with Gasteiger partial charge in [-0.15, -0.1) is 11.3 Å². The Kier molecular flexibility index (Phi) is 5.72. The standard InChI is InChI=1S/C23H17FN2O3S/c24-18-10-6-12-20-17(18)13-21(30-20)23(28)26-25-22(27)14-29-19-11-5-4-9-16(19)15-7-2-1-3-8-15/h1-13H,14H2,(H,25,27)(H,26,28). The number of halogens is 1. The van der Waals surface area contributed by atoms with Gasteiger partial charge in [-0.2, -0.15) is 0 Å². The van der Waals surface area contributed by atoms with Gasteiger partial charge < -0.3 is 4.74 Å². The monoisotopic (exact) mass is 420 g/mol. The number of carbonyl (C=O) groups is 2. The van der Waals surface area contributed by atoms with Gasteiger partial charge in [0.25, 0.3) is 11.8 Å². The van der Waals surface area contributed by atoms with Crippen LogP contribution in [-0.4, -0.2) is 18.4 Å². The zero-order chi connectivity index (χ0) is 20.9. The van der Waals surface area contributed by atoms with Gasteiger partial charge >= 0.3 is 0 Å². The predicted molar refractivity (Wildman–Crippen MR) is 115 cm³/mol.